The lowest BCUT2D eigenvalue weighted by molar-refractivity contribution is -0.151. The van der Waals surface area contributed by atoms with Gasteiger partial charge in [-0.2, -0.15) is 13.2 Å². The molecule has 68 valence electrons. The molecule has 0 aromatic rings. The van der Waals surface area contributed by atoms with Crippen molar-refractivity contribution in [3.63, 3.8) is 0 Å². The van der Waals surface area contributed by atoms with Crippen LogP contribution in [0.5, 0.6) is 0 Å². The van der Waals surface area contributed by atoms with Crippen LogP contribution in [-0.4, -0.2) is 18.8 Å². The largest absolute Gasteiger partial charge is 0.460 e. The molecular formula is C7H7F3O2. The number of rotatable bonds is 0. The van der Waals surface area contributed by atoms with Gasteiger partial charge in [-0.05, 0) is 6.92 Å². The van der Waals surface area contributed by atoms with Gasteiger partial charge in [0, 0.05) is 0 Å². The summed E-state index contributed by atoms with van der Waals surface area (Å²) in [7, 11) is 0. The Kier molecular flexibility index (Phi) is 2.12. The van der Waals surface area contributed by atoms with Gasteiger partial charge in [0.1, 0.15) is 6.61 Å². The Morgan fingerprint density at radius 1 is 1.58 bits per heavy atom. The minimum Gasteiger partial charge on any atom is -0.460 e. The average Bonchev–Trinajstić information content (AvgIpc) is 1.92. The van der Waals surface area contributed by atoms with Crippen molar-refractivity contribution in [2.24, 2.45) is 5.92 Å². The van der Waals surface area contributed by atoms with Crippen molar-refractivity contribution in [3.8, 4) is 0 Å². The molecular weight excluding hydrogens is 173 g/mol. The zero-order valence-electron chi connectivity index (χ0n) is 6.31. The van der Waals surface area contributed by atoms with Crippen LogP contribution < -0.4 is 0 Å². The van der Waals surface area contributed by atoms with Crippen LogP contribution in [0.3, 0.4) is 0 Å². The van der Waals surface area contributed by atoms with E-state index >= 15 is 0 Å². The summed E-state index contributed by atoms with van der Waals surface area (Å²) in [6.45, 7) is 0.708. The van der Waals surface area contributed by atoms with Gasteiger partial charge in [-0.25, -0.2) is 0 Å². The minimum atomic E-state index is -4.38. The van der Waals surface area contributed by atoms with Gasteiger partial charge in [-0.15, -0.1) is 0 Å². The van der Waals surface area contributed by atoms with E-state index in [0.717, 1.165) is 6.08 Å². The van der Waals surface area contributed by atoms with E-state index in [1.807, 2.05) is 0 Å². The molecule has 12 heavy (non-hydrogen) atoms. The van der Waals surface area contributed by atoms with Gasteiger partial charge in [0.25, 0.3) is 0 Å². The molecule has 0 bridgehead atoms. The van der Waals surface area contributed by atoms with Gasteiger partial charge in [-0.3, -0.25) is 4.79 Å². The lowest BCUT2D eigenvalue weighted by Gasteiger charge is -2.19. The number of alkyl halides is 3. The summed E-state index contributed by atoms with van der Waals surface area (Å²) >= 11 is 0. The summed E-state index contributed by atoms with van der Waals surface area (Å²) in [5, 5.41) is 0. The molecule has 1 atom stereocenters. The molecule has 0 aromatic heterocycles. The van der Waals surface area contributed by atoms with Gasteiger partial charge in [0.2, 0.25) is 0 Å². The first-order valence-electron chi connectivity index (χ1n) is 3.36. The van der Waals surface area contributed by atoms with Crippen LogP contribution in [0, 0.1) is 5.92 Å². The molecule has 5 heteroatoms. The van der Waals surface area contributed by atoms with Gasteiger partial charge in [-0.1, -0.05) is 6.08 Å². The highest BCUT2D eigenvalue weighted by atomic mass is 19.4. The first kappa shape index (κ1) is 9.09. The van der Waals surface area contributed by atoms with E-state index in [-0.39, 0.29) is 0 Å². The Labute approximate surface area is 67.0 Å². The van der Waals surface area contributed by atoms with Crippen molar-refractivity contribution in [2.45, 2.75) is 13.1 Å². The molecule has 1 rings (SSSR count). The number of halogens is 3. The number of hydrogen-bond acceptors (Lipinski definition) is 2. The lowest BCUT2D eigenvalue weighted by Crippen LogP contribution is -2.27. The maximum absolute atomic E-state index is 12.0. The highest BCUT2D eigenvalue weighted by Crippen LogP contribution is 2.29. The second-order valence-electron chi connectivity index (χ2n) is 2.59. The zero-order chi connectivity index (χ0) is 9.35. The highest BCUT2D eigenvalue weighted by Gasteiger charge is 2.37. The quantitative estimate of drug-likeness (QED) is 0.418. The van der Waals surface area contributed by atoms with E-state index in [4.69, 9.17) is 0 Å². The molecule has 0 saturated heterocycles. The Morgan fingerprint density at radius 3 is 2.58 bits per heavy atom. The number of carbonyl (C=O) groups is 1. The second kappa shape index (κ2) is 2.80. The Morgan fingerprint density at radius 2 is 2.17 bits per heavy atom. The molecule has 0 aromatic carbocycles. The number of carbonyl (C=O) groups excluding carboxylic acids is 1. The molecule has 0 N–H and O–H groups in total. The number of esters is 1. The van der Waals surface area contributed by atoms with Crippen molar-refractivity contribution in [3.05, 3.63) is 11.6 Å². The third kappa shape index (κ3) is 1.78. The molecule has 0 aliphatic carbocycles. The number of cyclic esters (lactones) is 1. The Balaban J connectivity index is 2.82. The SMILES string of the molecule is CC1C=C(C(F)(F)F)COC1=O. The summed E-state index contributed by atoms with van der Waals surface area (Å²) in [6.07, 6.45) is -3.49. The topological polar surface area (TPSA) is 26.3 Å². The normalized spacial score (nSPS) is 24.8. The maximum Gasteiger partial charge on any atom is 0.415 e. The third-order valence-corrected chi connectivity index (χ3v) is 1.56. The highest BCUT2D eigenvalue weighted by molar-refractivity contribution is 5.75. The van der Waals surface area contributed by atoms with Crippen LogP contribution >= 0.6 is 0 Å². The molecule has 1 aliphatic heterocycles. The Hall–Kier alpha value is -1.00. The first-order chi connectivity index (χ1) is 5.41. The van der Waals surface area contributed by atoms with Crippen molar-refractivity contribution in [2.75, 3.05) is 6.61 Å². The van der Waals surface area contributed by atoms with E-state index < -0.39 is 30.2 Å². The van der Waals surface area contributed by atoms with Crippen LogP contribution in [-0.2, 0) is 9.53 Å². The molecule has 0 spiro atoms. The van der Waals surface area contributed by atoms with Gasteiger partial charge in [0.15, 0.2) is 0 Å². The predicted octanol–water partition coefficient (Wildman–Crippen LogP) is 1.67. The second-order valence-corrected chi connectivity index (χ2v) is 2.59. The molecule has 1 heterocycles. The molecule has 0 amide bonds. The third-order valence-electron chi connectivity index (χ3n) is 1.56. The fraction of sp³-hybridized carbons (Fsp3) is 0.571. The molecule has 0 fully saturated rings. The van der Waals surface area contributed by atoms with Crippen LogP contribution in [0.1, 0.15) is 6.92 Å². The van der Waals surface area contributed by atoms with Crippen molar-refractivity contribution in [1.29, 1.82) is 0 Å². The van der Waals surface area contributed by atoms with Gasteiger partial charge >= 0.3 is 12.1 Å². The predicted molar refractivity (Wildman–Crippen MR) is 34.3 cm³/mol. The monoisotopic (exact) mass is 180 g/mol. The summed E-state index contributed by atoms with van der Waals surface area (Å²) in [4.78, 5) is 10.6. The van der Waals surface area contributed by atoms with Crippen molar-refractivity contribution < 1.29 is 22.7 Å². The molecule has 1 aliphatic rings. The fourth-order valence-electron chi connectivity index (χ4n) is 0.875. The maximum atomic E-state index is 12.0. The molecule has 0 radical (unpaired) electrons. The van der Waals surface area contributed by atoms with Crippen LogP contribution in [0.25, 0.3) is 0 Å². The Bertz CT molecular complexity index is 229. The summed E-state index contributed by atoms with van der Waals surface area (Å²) in [5.74, 6) is -1.40. The first-order valence-corrected chi connectivity index (χ1v) is 3.36. The van der Waals surface area contributed by atoms with Crippen LogP contribution in [0.4, 0.5) is 13.2 Å². The summed E-state index contributed by atoms with van der Waals surface area (Å²) < 4.78 is 40.2. The summed E-state index contributed by atoms with van der Waals surface area (Å²) in [6, 6.07) is 0. The minimum absolute atomic E-state index is 0.608. The number of hydrogen-bond donors (Lipinski definition) is 0. The number of ether oxygens (including phenoxy) is 1. The zero-order valence-corrected chi connectivity index (χ0v) is 6.31. The van der Waals surface area contributed by atoms with Crippen LogP contribution in [0.15, 0.2) is 11.6 Å². The standard InChI is InChI=1S/C7H7F3O2/c1-4-2-5(7(8,9)10)3-12-6(4)11/h2,4H,3H2,1H3. The van der Waals surface area contributed by atoms with E-state index in [2.05, 4.69) is 4.74 Å². The van der Waals surface area contributed by atoms with E-state index in [0.29, 0.717) is 0 Å². The van der Waals surface area contributed by atoms with E-state index in [1.54, 1.807) is 0 Å². The van der Waals surface area contributed by atoms with E-state index in [9.17, 15) is 18.0 Å². The van der Waals surface area contributed by atoms with Crippen molar-refractivity contribution >= 4 is 5.97 Å². The molecule has 2 nitrogen and oxygen atoms in total. The van der Waals surface area contributed by atoms with Crippen molar-refractivity contribution in [1.82, 2.24) is 0 Å². The lowest BCUT2D eigenvalue weighted by atomic mass is 10.1. The van der Waals surface area contributed by atoms with Crippen LogP contribution in [0.2, 0.25) is 0 Å². The smallest absolute Gasteiger partial charge is 0.415 e. The van der Waals surface area contributed by atoms with Gasteiger partial charge in [0.05, 0.1) is 11.5 Å². The van der Waals surface area contributed by atoms with E-state index in [1.165, 1.54) is 6.92 Å². The van der Waals surface area contributed by atoms with Gasteiger partial charge < -0.3 is 4.74 Å². The average molecular weight is 180 g/mol. The fourth-order valence-corrected chi connectivity index (χ4v) is 0.875. The molecule has 1 unspecified atom stereocenters. The molecule has 0 saturated carbocycles. The summed E-state index contributed by atoms with van der Waals surface area (Å²) in [5.41, 5.74) is -0.783.